The van der Waals surface area contributed by atoms with Crippen LogP contribution in [-0.4, -0.2) is 62.6 Å². The van der Waals surface area contributed by atoms with Crippen molar-refractivity contribution < 1.29 is 24.0 Å². The number of benzene rings is 2. The van der Waals surface area contributed by atoms with Crippen LogP contribution in [0.25, 0.3) is 17.0 Å². The topological polar surface area (TPSA) is 115 Å². The number of thioether (sulfide) groups is 1. The number of aromatic nitrogens is 1. The number of carbonyl (C=O) groups is 3. The predicted molar refractivity (Wildman–Crippen MR) is 134 cm³/mol. The molecule has 10 nitrogen and oxygen atoms in total. The van der Waals surface area contributed by atoms with Crippen LogP contribution >= 0.6 is 11.8 Å². The van der Waals surface area contributed by atoms with Crippen LogP contribution in [-0.2, 0) is 27.4 Å². The van der Waals surface area contributed by atoms with Crippen molar-refractivity contribution in [3.05, 3.63) is 80.9 Å². The molecule has 36 heavy (non-hydrogen) atoms. The van der Waals surface area contributed by atoms with Gasteiger partial charge in [-0.15, -0.1) is 0 Å². The number of imide groups is 1. The Morgan fingerprint density at radius 3 is 2.53 bits per heavy atom. The summed E-state index contributed by atoms with van der Waals surface area (Å²) >= 11 is 0.850. The summed E-state index contributed by atoms with van der Waals surface area (Å²) in [7, 11) is 0. The number of rotatable bonds is 6. The third-order valence-corrected chi connectivity index (χ3v) is 7.04. The van der Waals surface area contributed by atoms with Gasteiger partial charge >= 0.3 is 0 Å². The Balaban J connectivity index is 1.38. The number of hydrogen-bond acceptors (Lipinski definition) is 7. The van der Waals surface area contributed by atoms with Crippen molar-refractivity contribution in [3.8, 4) is 0 Å². The summed E-state index contributed by atoms with van der Waals surface area (Å²) in [6, 6.07) is 13.4. The van der Waals surface area contributed by atoms with Gasteiger partial charge in [-0.1, -0.05) is 30.3 Å². The number of amides is 3. The third kappa shape index (κ3) is 4.75. The van der Waals surface area contributed by atoms with Gasteiger partial charge in [0.2, 0.25) is 5.91 Å². The number of fused-ring (bicyclic) bond motifs is 1. The number of nitro benzene ring substituents is 1. The minimum atomic E-state index is -0.502. The Kier molecular flexibility index (Phi) is 6.57. The van der Waals surface area contributed by atoms with Crippen LogP contribution < -0.4 is 0 Å². The number of para-hydroxylation sites is 1. The maximum atomic E-state index is 13.1. The van der Waals surface area contributed by atoms with Gasteiger partial charge in [0.05, 0.1) is 29.6 Å². The van der Waals surface area contributed by atoms with Crippen molar-refractivity contribution in [2.45, 2.75) is 13.1 Å². The van der Waals surface area contributed by atoms with Gasteiger partial charge in [-0.25, -0.2) is 0 Å². The summed E-state index contributed by atoms with van der Waals surface area (Å²) < 4.78 is 7.19. The van der Waals surface area contributed by atoms with Crippen LogP contribution in [0.5, 0.6) is 0 Å². The van der Waals surface area contributed by atoms with Crippen molar-refractivity contribution in [2.24, 2.45) is 0 Å². The lowest BCUT2D eigenvalue weighted by Gasteiger charge is -2.27. The fraction of sp³-hybridized carbons (Fsp3) is 0.240. The summed E-state index contributed by atoms with van der Waals surface area (Å²) in [5.41, 5.74) is 2.15. The second-order valence-corrected chi connectivity index (χ2v) is 9.41. The van der Waals surface area contributed by atoms with Crippen LogP contribution in [0, 0.1) is 10.1 Å². The van der Waals surface area contributed by atoms with Crippen molar-refractivity contribution >= 4 is 51.5 Å². The van der Waals surface area contributed by atoms with E-state index in [1.807, 2.05) is 35.0 Å². The fourth-order valence-electron chi connectivity index (χ4n) is 4.26. The largest absolute Gasteiger partial charge is 0.378 e. The van der Waals surface area contributed by atoms with Gasteiger partial charge in [0.15, 0.2) is 0 Å². The Hall–Kier alpha value is -3.96. The Bertz CT molecular complexity index is 1390. The minimum Gasteiger partial charge on any atom is -0.378 e. The van der Waals surface area contributed by atoms with Crippen LogP contribution in [0.3, 0.4) is 0 Å². The van der Waals surface area contributed by atoms with Crippen molar-refractivity contribution in [3.63, 3.8) is 0 Å². The molecule has 0 aliphatic carbocycles. The molecule has 2 saturated heterocycles. The molecule has 2 aliphatic rings. The van der Waals surface area contributed by atoms with E-state index in [-0.39, 0.29) is 29.6 Å². The zero-order valence-corrected chi connectivity index (χ0v) is 20.0. The lowest BCUT2D eigenvalue weighted by atomic mass is 10.1. The molecule has 1 aromatic heterocycles. The zero-order chi connectivity index (χ0) is 25.2. The van der Waals surface area contributed by atoms with E-state index in [2.05, 4.69) is 0 Å². The SMILES string of the molecule is O=C(Cn1cc(/C=C2\SC(=O)N(Cc3ccc([N+](=O)[O-])cc3)C2=O)c2ccccc21)N1CCOCC1. The monoisotopic (exact) mass is 506 g/mol. The van der Waals surface area contributed by atoms with E-state index in [1.54, 1.807) is 11.0 Å². The number of ether oxygens (including phenoxy) is 1. The molecule has 2 aromatic carbocycles. The predicted octanol–water partition coefficient (Wildman–Crippen LogP) is 3.64. The van der Waals surface area contributed by atoms with Crippen molar-refractivity contribution in [1.82, 2.24) is 14.4 Å². The van der Waals surface area contributed by atoms with E-state index in [1.165, 1.54) is 24.3 Å². The Morgan fingerprint density at radius 1 is 1.08 bits per heavy atom. The van der Waals surface area contributed by atoms with E-state index in [0.717, 1.165) is 33.1 Å². The number of nitro groups is 1. The van der Waals surface area contributed by atoms with Crippen molar-refractivity contribution in [2.75, 3.05) is 26.3 Å². The molecule has 3 aromatic rings. The first-order valence-corrected chi connectivity index (χ1v) is 12.1. The van der Waals surface area contributed by atoms with Gasteiger partial charge in [0.25, 0.3) is 16.8 Å². The van der Waals surface area contributed by atoms with Gasteiger partial charge in [-0.3, -0.25) is 29.4 Å². The van der Waals surface area contributed by atoms with E-state index in [0.29, 0.717) is 31.9 Å². The highest BCUT2D eigenvalue weighted by atomic mass is 32.2. The molecular formula is C25H22N4O6S. The minimum absolute atomic E-state index is 0.00553. The molecule has 2 fully saturated rings. The molecule has 11 heteroatoms. The highest BCUT2D eigenvalue weighted by Gasteiger charge is 2.35. The molecule has 3 heterocycles. The molecule has 0 atom stereocenters. The summed E-state index contributed by atoms with van der Waals surface area (Å²) in [5, 5.41) is 11.3. The maximum absolute atomic E-state index is 13.1. The van der Waals surface area contributed by atoms with Gasteiger partial charge in [0, 0.05) is 47.9 Å². The smallest absolute Gasteiger partial charge is 0.293 e. The second-order valence-electron chi connectivity index (χ2n) is 8.41. The first-order chi connectivity index (χ1) is 17.4. The normalized spacial score (nSPS) is 17.4. The summed E-state index contributed by atoms with van der Waals surface area (Å²) in [5.74, 6) is -0.432. The number of morpholine rings is 1. The third-order valence-electron chi connectivity index (χ3n) is 6.14. The van der Waals surface area contributed by atoms with Gasteiger partial charge in [-0.05, 0) is 29.5 Å². The molecule has 0 unspecified atom stereocenters. The van der Waals surface area contributed by atoms with Crippen molar-refractivity contribution in [1.29, 1.82) is 0 Å². The lowest BCUT2D eigenvalue weighted by molar-refractivity contribution is -0.384. The number of non-ortho nitro benzene ring substituents is 1. The molecule has 0 spiro atoms. The molecule has 2 aliphatic heterocycles. The molecule has 0 N–H and O–H groups in total. The van der Waals surface area contributed by atoms with Crippen LogP contribution in [0.1, 0.15) is 11.1 Å². The lowest BCUT2D eigenvalue weighted by Crippen LogP contribution is -2.42. The average molecular weight is 507 g/mol. The van der Waals surface area contributed by atoms with Gasteiger partial charge in [-0.2, -0.15) is 0 Å². The molecule has 3 amide bonds. The second kappa shape index (κ2) is 9.96. The summed E-state index contributed by atoms with van der Waals surface area (Å²) in [6.45, 7) is 2.36. The zero-order valence-electron chi connectivity index (χ0n) is 19.2. The number of hydrogen-bond donors (Lipinski definition) is 0. The first-order valence-electron chi connectivity index (χ1n) is 11.3. The standard InChI is InChI=1S/C25H22N4O6S/c30-23(26-9-11-35-12-10-26)16-27-15-18(20-3-1-2-4-21(20)27)13-22-24(31)28(25(32)36-22)14-17-5-7-19(8-6-17)29(33)34/h1-8,13,15H,9-12,14,16H2/b22-13-. The quantitative estimate of drug-likeness (QED) is 0.285. The van der Waals surface area contributed by atoms with Gasteiger partial charge in [0.1, 0.15) is 6.54 Å². The highest BCUT2D eigenvalue weighted by molar-refractivity contribution is 8.18. The number of nitrogens with zero attached hydrogens (tertiary/aromatic N) is 4. The van der Waals surface area contributed by atoms with Crippen LogP contribution in [0.2, 0.25) is 0 Å². The van der Waals surface area contributed by atoms with E-state index >= 15 is 0 Å². The average Bonchev–Trinajstić information content (AvgIpc) is 3.36. The van der Waals surface area contributed by atoms with Crippen LogP contribution in [0.4, 0.5) is 10.5 Å². The van der Waals surface area contributed by atoms with Crippen LogP contribution in [0.15, 0.2) is 59.6 Å². The summed E-state index contributed by atoms with van der Waals surface area (Å²) in [4.78, 5) is 52.0. The molecule has 5 rings (SSSR count). The Labute approximate surface area is 210 Å². The maximum Gasteiger partial charge on any atom is 0.293 e. The Morgan fingerprint density at radius 2 is 1.81 bits per heavy atom. The number of carbonyl (C=O) groups excluding carboxylic acids is 3. The molecule has 184 valence electrons. The first kappa shape index (κ1) is 23.8. The van der Waals surface area contributed by atoms with E-state index in [9.17, 15) is 24.5 Å². The molecule has 0 saturated carbocycles. The van der Waals surface area contributed by atoms with E-state index < -0.39 is 16.1 Å². The summed E-state index contributed by atoms with van der Waals surface area (Å²) in [6.07, 6.45) is 3.51. The molecule has 0 bridgehead atoms. The molecular weight excluding hydrogens is 484 g/mol. The van der Waals surface area contributed by atoms with Gasteiger partial charge < -0.3 is 14.2 Å². The van der Waals surface area contributed by atoms with E-state index in [4.69, 9.17) is 4.74 Å². The highest BCUT2D eigenvalue weighted by Crippen LogP contribution is 2.35. The fourth-order valence-corrected chi connectivity index (χ4v) is 5.09. The molecule has 0 radical (unpaired) electrons.